The van der Waals surface area contributed by atoms with E-state index < -0.39 is 0 Å². The average Bonchev–Trinajstić information content (AvgIpc) is 2.16. The van der Waals surface area contributed by atoms with Crippen molar-refractivity contribution in [2.75, 3.05) is 6.54 Å². The van der Waals surface area contributed by atoms with Gasteiger partial charge in [-0.2, -0.15) is 0 Å². The number of rotatable bonds is 3. The molecule has 0 aromatic heterocycles. The molecule has 0 heterocycles. The van der Waals surface area contributed by atoms with Crippen LogP contribution in [0.4, 0.5) is 0 Å². The van der Waals surface area contributed by atoms with E-state index in [1.165, 1.54) is 0 Å². The Hall–Kier alpha value is -0.970. The van der Waals surface area contributed by atoms with Crippen molar-refractivity contribution in [3.8, 4) is 12.3 Å². The summed E-state index contributed by atoms with van der Waals surface area (Å²) < 4.78 is 0. The SMILES string of the molecule is C#CCC(CN)c1ccc(Cl)cc1. The van der Waals surface area contributed by atoms with Crippen LogP contribution in [0.5, 0.6) is 0 Å². The summed E-state index contributed by atoms with van der Waals surface area (Å²) in [7, 11) is 0. The van der Waals surface area contributed by atoms with E-state index in [2.05, 4.69) is 5.92 Å². The maximum absolute atomic E-state index is 5.77. The van der Waals surface area contributed by atoms with Crippen LogP contribution in [-0.2, 0) is 0 Å². The predicted octanol–water partition coefficient (Wildman–Crippen LogP) is 2.41. The molecule has 0 aliphatic rings. The van der Waals surface area contributed by atoms with Gasteiger partial charge in [0.1, 0.15) is 0 Å². The van der Waals surface area contributed by atoms with Crippen LogP contribution in [0.2, 0.25) is 5.02 Å². The molecule has 0 fully saturated rings. The van der Waals surface area contributed by atoms with Crippen molar-refractivity contribution in [1.82, 2.24) is 0 Å². The number of nitrogens with two attached hydrogens (primary N) is 1. The van der Waals surface area contributed by atoms with Gasteiger partial charge in [-0.15, -0.1) is 12.3 Å². The first-order valence-electron chi connectivity index (χ1n) is 4.17. The first-order chi connectivity index (χ1) is 6.27. The molecule has 68 valence electrons. The zero-order valence-corrected chi connectivity index (χ0v) is 8.09. The molecule has 0 amide bonds. The summed E-state index contributed by atoms with van der Waals surface area (Å²) >= 11 is 5.77. The number of benzene rings is 1. The van der Waals surface area contributed by atoms with Crippen LogP contribution in [0, 0.1) is 12.3 Å². The van der Waals surface area contributed by atoms with Gasteiger partial charge in [-0.1, -0.05) is 23.7 Å². The molecule has 2 N–H and O–H groups in total. The van der Waals surface area contributed by atoms with E-state index in [-0.39, 0.29) is 5.92 Å². The molecule has 0 bridgehead atoms. The maximum Gasteiger partial charge on any atom is 0.0406 e. The lowest BCUT2D eigenvalue weighted by Crippen LogP contribution is -2.11. The molecule has 1 unspecified atom stereocenters. The number of terminal acetylenes is 1. The van der Waals surface area contributed by atoms with Crippen LogP contribution in [0.3, 0.4) is 0 Å². The van der Waals surface area contributed by atoms with Gasteiger partial charge in [0, 0.05) is 23.9 Å². The molecule has 1 atom stereocenters. The Kier molecular flexibility index (Phi) is 3.82. The zero-order chi connectivity index (χ0) is 9.68. The van der Waals surface area contributed by atoms with Crippen molar-refractivity contribution in [3.05, 3.63) is 34.9 Å². The van der Waals surface area contributed by atoms with Crippen LogP contribution in [0.25, 0.3) is 0 Å². The van der Waals surface area contributed by atoms with Crippen LogP contribution < -0.4 is 5.73 Å². The lowest BCUT2D eigenvalue weighted by atomic mass is 9.96. The highest BCUT2D eigenvalue weighted by Gasteiger charge is 2.07. The first kappa shape index (κ1) is 10.1. The summed E-state index contributed by atoms with van der Waals surface area (Å²) in [5, 5.41) is 0.736. The number of hydrogen-bond acceptors (Lipinski definition) is 1. The monoisotopic (exact) mass is 193 g/mol. The third kappa shape index (κ3) is 2.77. The molecular formula is C11H12ClN. The Balaban J connectivity index is 2.80. The lowest BCUT2D eigenvalue weighted by Gasteiger charge is -2.11. The van der Waals surface area contributed by atoms with Crippen molar-refractivity contribution >= 4 is 11.6 Å². The Morgan fingerprint density at radius 1 is 1.38 bits per heavy atom. The van der Waals surface area contributed by atoms with Gasteiger partial charge >= 0.3 is 0 Å². The average molecular weight is 194 g/mol. The molecule has 2 heteroatoms. The van der Waals surface area contributed by atoms with Crippen LogP contribution in [0.15, 0.2) is 24.3 Å². The van der Waals surface area contributed by atoms with Gasteiger partial charge in [0.05, 0.1) is 0 Å². The van der Waals surface area contributed by atoms with E-state index in [0.29, 0.717) is 13.0 Å². The largest absolute Gasteiger partial charge is 0.330 e. The third-order valence-corrected chi connectivity index (χ3v) is 2.24. The summed E-state index contributed by atoms with van der Waals surface area (Å²) in [6, 6.07) is 7.65. The summed E-state index contributed by atoms with van der Waals surface area (Å²) in [5.74, 6) is 2.87. The molecule has 0 spiro atoms. The molecular weight excluding hydrogens is 182 g/mol. The van der Waals surface area contributed by atoms with Gasteiger partial charge in [0.25, 0.3) is 0 Å². The van der Waals surface area contributed by atoms with Gasteiger partial charge in [-0.3, -0.25) is 0 Å². The van der Waals surface area contributed by atoms with Gasteiger partial charge in [-0.05, 0) is 17.7 Å². The molecule has 1 nitrogen and oxygen atoms in total. The quantitative estimate of drug-likeness (QED) is 0.734. The second kappa shape index (κ2) is 4.91. The van der Waals surface area contributed by atoms with Gasteiger partial charge in [0.2, 0.25) is 0 Å². The Morgan fingerprint density at radius 3 is 2.46 bits per heavy atom. The van der Waals surface area contributed by atoms with E-state index in [1.54, 1.807) is 0 Å². The van der Waals surface area contributed by atoms with E-state index >= 15 is 0 Å². The van der Waals surface area contributed by atoms with Crippen LogP contribution >= 0.6 is 11.6 Å². The highest BCUT2D eigenvalue weighted by Crippen LogP contribution is 2.19. The molecule has 0 aliphatic heterocycles. The Bertz CT molecular complexity index is 297. The van der Waals surface area contributed by atoms with Crippen LogP contribution in [0.1, 0.15) is 17.9 Å². The Labute approximate surface area is 83.9 Å². The number of hydrogen-bond donors (Lipinski definition) is 1. The summed E-state index contributed by atoms with van der Waals surface area (Å²) in [4.78, 5) is 0. The fourth-order valence-corrected chi connectivity index (χ4v) is 1.34. The van der Waals surface area contributed by atoms with Crippen molar-refractivity contribution in [3.63, 3.8) is 0 Å². The molecule has 1 rings (SSSR count). The van der Waals surface area contributed by atoms with Gasteiger partial charge in [0.15, 0.2) is 0 Å². The van der Waals surface area contributed by atoms with Gasteiger partial charge < -0.3 is 5.73 Å². The fraction of sp³-hybridized carbons (Fsp3) is 0.273. The predicted molar refractivity (Wildman–Crippen MR) is 56.7 cm³/mol. The second-order valence-electron chi connectivity index (χ2n) is 2.89. The van der Waals surface area contributed by atoms with E-state index in [1.807, 2.05) is 24.3 Å². The normalized spacial score (nSPS) is 12.1. The van der Waals surface area contributed by atoms with E-state index in [4.69, 9.17) is 23.8 Å². The van der Waals surface area contributed by atoms with Crippen molar-refractivity contribution in [2.24, 2.45) is 5.73 Å². The highest BCUT2D eigenvalue weighted by atomic mass is 35.5. The summed E-state index contributed by atoms with van der Waals surface area (Å²) in [6.45, 7) is 0.575. The highest BCUT2D eigenvalue weighted by molar-refractivity contribution is 6.30. The topological polar surface area (TPSA) is 26.0 Å². The first-order valence-corrected chi connectivity index (χ1v) is 4.54. The maximum atomic E-state index is 5.77. The van der Waals surface area contributed by atoms with E-state index in [9.17, 15) is 0 Å². The van der Waals surface area contributed by atoms with Crippen LogP contribution in [-0.4, -0.2) is 6.54 Å². The molecule has 1 aromatic rings. The molecule has 0 saturated carbocycles. The molecule has 13 heavy (non-hydrogen) atoms. The second-order valence-corrected chi connectivity index (χ2v) is 3.33. The van der Waals surface area contributed by atoms with Gasteiger partial charge in [-0.25, -0.2) is 0 Å². The minimum absolute atomic E-state index is 0.252. The van der Waals surface area contributed by atoms with Crippen molar-refractivity contribution < 1.29 is 0 Å². The third-order valence-electron chi connectivity index (χ3n) is 1.99. The zero-order valence-electron chi connectivity index (χ0n) is 7.33. The molecule has 0 aliphatic carbocycles. The molecule has 0 saturated heterocycles. The fourth-order valence-electron chi connectivity index (χ4n) is 1.21. The smallest absolute Gasteiger partial charge is 0.0406 e. The summed E-state index contributed by atoms with van der Waals surface area (Å²) in [6.07, 6.45) is 5.92. The van der Waals surface area contributed by atoms with Crippen molar-refractivity contribution in [2.45, 2.75) is 12.3 Å². The van der Waals surface area contributed by atoms with Crippen molar-refractivity contribution in [1.29, 1.82) is 0 Å². The Morgan fingerprint density at radius 2 is 2.00 bits per heavy atom. The minimum Gasteiger partial charge on any atom is -0.330 e. The summed E-state index contributed by atoms with van der Waals surface area (Å²) in [5.41, 5.74) is 6.76. The molecule has 0 radical (unpaired) electrons. The van der Waals surface area contributed by atoms with E-state index in [0.717, 1.165) is 10.6 Å². The number of halogens is 1. The lowest BCUT2D eigenvalue weighted by molar-refractivity contribution is 0.722. The standard InChI is InChI=1S/C11H12ClN/c1-2-3-10(8-13)9-4-6-11(12)7-5-9/h1,4-7,10H,3,8,13H2. The molecule has 1 aromatic carbocycles. The minimum atomic E-state index is 0.252.